The smallest absolute Gasteiger partial charge is 0.239 e. The number of nitrogens with one attached hydrogen (secondary N) is 2. The third-order valence-electron chi connectivity index (χ3n) is 3.61. The Labute approximate surface area is 125 Å². The van der Waals surface area contributed by atoms with E-state index in [1.165, 1.54) is 31.4 Å². The Morgan fingerprint density at radius 3 is 2.33 bits per heavy atom. The van der Waals surface area contributed by atoms with Crippen molar-refractivity contribution < 1.29 is 13.2 Å². The molecular formula is C14H21N3O3S. The van der Waals surface area contributed by atoms with Crippen LogP contribution in [-0.2, 0) is 14.8 Å². The van der Waals surface area contributed by atoms with Crippen LogP contribution >= 0.6 is 0 Å². The number of rotatable bonds is 5. The van der Waals surface area contributed by atoms with Crippen molar-refractivity contribution in [2.75, 3.05) is 11.9 Å². The largest absolute Gasteiger partial charge is 0.376 e. The van der Waals surface area contributed by atoms with Gasteiger partial charge in [0.1, 0.15) is 0 Å². The summed E-state index contributed by atoms with van der Waals surface area (Å²) < 4.78 is 22.2. The van der Waals surface area contributed by atoms with Gasteiger partial charge in [0.25, 0.3) is 0 Å². The fourth-order valence-electron chi connectivity index (χ4n) is 2.47. The van der Waals surface area contributed by atoms with Gasteiger partial charge in [0, 0.05) is 11.7 Å². The Balaban J connectivity index is 1.81. The molecule has 7 heteroatoms. The lowest BCUT2D eigenvalue weighted by molar-refractivity contribution is -0.120. The number of nitrogens with two attached hydrogens (primary N) is 1. The molecule has 1 amide bonds. The van der Waals surface area contributed by atoms with Gasteiger partial charge in [-0.25, -0.2) is 13.6 Å². The van der Waals surface area contributed by atoms with Gasteiger partial charge in [-0.05, 0) is 37.1 Å². The number of carbonyl (C=O) groups is 1. The zero-order chi connectivity index (χ0) is 15.3. The number of amides is 1. The van der Waals surface area contributed by atoms with Crippen molar-refractivity contribution in [2.45, 2.75) is 43.0 Å². The van der Waals surface area contributed by atoms with E-state index in [2.05, 4.69) is 10.6 Å². The minimum Gasteiger partial charge on any atom is -0.376 e. The molecule has 0 heterocycles. The second-order valence-electron chi connectivity index (χ2n) is 5.33. The summed E-state index contributed by atoms with van der Waals surface area (Å²) in [5.41, 5.74) is 0.682. The van der Waals surface area contributed by atoms with Crippen molar-refractivity contribution in [2.24, 2.45) is 5.14 Å². The Morgan fingerprint density at radius 2 is 1.76 bits per heavy atom. The van der Waals surface area contributed by atoms with Gasteiger partial charge in [0.2, 0.25) is 15.9 Å². The third-order valence-corrected chi connectivity index (χ3v) is 4.54. The number of benzene rings is 1. The number of carbonyl (C=O) groups excluding carboxylic acids is 1. The fourth-order valence-corrected chi connectivity index (χ4v) is 2.99. The van der Waals surface area contributed by atoms with Crippen LogP contribution in [0, 0.1) is 0 Å². The van der Waals surface area contributed by atoms with Crippen molar-refractivity contribution in [1.29, 1.82) is 0 Å². The van der Waals surface area contributed by atoms with Gasteiger partial charge in [0.05, 0.1) is 11.4 Å². The Hall–Kier alpha value is -1.60. The van der Waals surface area contributed by atoms with E-state index in [-0.39, 0.29) is 23.4 Å². The minimum atomic E-state index is -3.68. The van der Waals surface area contributed by atoms with Crippen LogP contribution in [0.25, 0.3) is 0 Å². The summed E-state index contributed by atoms with van der Waals surface area (Å²) in [6.45, 7) is 0.172. The minimum absolute atomic E-state index is 0.0441. The lowest BCUT2D eigenvalue weighted by atomic mass is 9.95. The normalized spacial score (nSPS) is 16.4. The highest BCUT2D eigenvalue weighted by Crippen LogP contribution is 2.17. The summed E-state index contributed by atoms with van der Waals surface area (Å²) >= 11 is 0. The maximum absolute atomic E-state index is 11.8. The highest BCUT2D eigenvalue weighted by atomic mass is 32.2. The number of hydrogen-bond donors (Lipinski definition) is 3. The molecule has 6 nitrogen and oxygen atoms in total. The second-order valence-corrected chi connectivity index (χ2v) is 6.89. The third kappa shape index (κ3) is 5.02. The fraction of sp³-hybridized carbons (Fsp3) is 0.500. The van der Waals surface area contributed by atoms with E-state index in [1.54, 1.807) is 12.1 Å². The SMILES string of the molecule is NS(=O)(=O)c1ccc(NCC(=O)NC2CCCCC2)cc1. The molecule has 116 valence electrons. The molecule has 2 rings (SSSR count). The number of hydrogen-bond acceptors (Lipinski definition) is 4. The van der Waals surface area contributed by atoms with Crippen LogP contribution in [0.5, 0.6) is 0 Å². The molecule has 0 atom stereocenters. The topological polar surface area (TPSA) is 101 Å². The number of primary sulfonamides is 1. The predicted molar refractivity (Wildman–Crippen MR) is 81.3 cm³/mol. The molecule has 1 fully saturated rings. The standard InChI is InChI=1S/C14H21N3O3S/c15-21(19,20)13-8-6-11(7-9-13)16-10-14(18)17-12-4-2-1-3-5-12/h6-9,12,16H,1-5,10H2,(H,17,18)(H2,15,19,20). The molecule has 1 aliphatic carbocycles. The summed E-state index contributed by atoms with van der Waals surface area (Å²) in [7, 11) is -3.68. The van der Waals surface area contributed by atoms with Crippen LogP contribution in [0.15, 0.2) is 29.2 Å². The first-order valence-corrected chi connectivity index (χ1v) is 8.66. The van der Waals surface area contributed by atoms with Crippen LogP contribution in [0.4, 0.5) is 5.69 Å². The number of sulfonamides is 1. The zero-order valence-corrected chi connectivity index (χ0v) is 12.7. The molecule has 1 aliphatic rings. The van der Waals surface area contributed by atoms with Crippen LogP contribution in [0.2, 0.25) is 0 Å². The van der Waals surface area contributed by atoms with Gasteiger partial charge in [-0.1, -0.05) is 19.3 Å². The first kappa shape index (κ1) is 15.8. The molecule has 21 heavy (non-hydrogen) atoms. The first-order valence-electron chi connectivity index (χ1n) is 7.11. The molecule has 1 aromatic carbocycles. The molecule has 4 N–H and O–H groups in total. The van der Waals surface area contributed by atoms with E-state index in [0.29, 0.717) is 5.69 Å². The predicted octanol–water partition coefficient (Wildman–Crippen LogP) is 1.19. The Morgan fingerprint density at radius 1 is 1.14 bits per heavy atom. The zero-order valence-electron chi connectivity index (χ0n) is 11.8. The summed E-state index contributed by atoms with van der Waals surface area (Å²) in [5, 5.41) is 11.0. The summed E-state index contributed by atoms with van der Waals surface area (Å²) in [6, 6.07) is 6.30. The summed E-state index contributed by atoms with van der Waals surface area (Å²) in [6.07, 6.45) is 5.70. The molecular weight excluding hydrogens is 290 g/mol. The monoisotopic (exact) mass is 311 g/mol. The van der Waals surface area contributed by atoms with E-state index in [9.17, 15) is 13.2 Å². The van der Waals surface area contributed by atoms with Crippen molar-refractivity contribution in [1.82, 2.24) is 5.32 Å². The lowest BCUT2D eigenvalue weighted by Crippen LogP contribution is -2.39. The van der Waals surface area contributed by atoms with Gasteiger partial charge >= 0.3 is 0 Å². The second kappa shape index (κ2) is 6.91. The van der Waals surface area contributed by atoms with Crippen LogP contribution in [0.1, 0.15) is 32.1 Å². The Bertz CT molecular complexity index is 578. The van der Waals surface area contributed by atoms with Gasteiger partial charge in [-0.3, -0.25) is 4.79 Å². The van der Waals surface area contributed by atoms with Gasteiger partial charge < -0.3 is 10.6 Å². The Kier molecular flexibility index (Phi) is 5.19. The molecule has 0 aliphatic heterocycles. The van der Waals surface area contributed by atoms with Gasteiger partial charge in [0.15, 0.2) is 0 Å². The number of anilines is 1. The van der Waals surface area contributed by atoms with E-state index >= 15 is 0 Å². The van der Waals surface area contributed by atoms with E-state index in [4.69, 9.17) is 5.14 Å². The molecule has 0 aromatic heterocycles. The average Bonchev–Trinajstić information content (AvgIpc) is 2.46. The highest BCUT2D eigenvalue weighted by molar-refractivity contribution is 7.89. The molecule has 0 unspecified atom stereocenters. The maximum atomic E-state index is 11.8. The molecule has 0 bridgehead atoms. The molecule has 1 aromatic rings. The van der Waals surface area contributed by atoms with Crippen LogP contribution in [-0.4, -0.2) is 26.9 Å². The molecule has 0 spiro atoms. The highest BCUT2D eigenvalue weighted by Gasteiger charge is 2.15. The van der Waals surface area contributed by atoms with Crippen molar-refractivity contribution in [3.63, 3.8) is 0 Å². The van der Waals surface area contributed by atoms with Gasteiger partial charge in [-0.15, -0.1) is 0 Å². The van der Waals surface area contributed by atoms with Crippen LogP contribution in [0.3, 0.4) is 0 Å². The van der Waals surface area contributed by atoms with E-state index < -0.39 is 10.0 Å². The first-order chi connectivity index (χ1) is 9.95. The maximum Gasteiger partial charge on any atom is 0.239 e. The summed E-state index contributed by atoms with van der Waals surface area (Å²) in [4.78, 5) is 11.9. The van der Waals surface area contributed by atoms with Gasteiger partial charge in [-0.2, -0.15) is 0 Å². The average molecular weight is 311 g/mol. The molecule has 1 saturated carbocycles. The van der Waals surface area contributed by atoms with E-state index in [0.717, 1.165) is 12.8 Å². The van der Waals surface area contributed by atoms with Crippen molar-refractivity contribution in [3.8, 4) is 0 Å². The molecule has 0 saturated heterocycles. The van der Waals surface area contributed by atoms with Crippen molar-refractivity contribution in [3.05, 3.63) is 24.3 Å². The lowest BCUT2D eigenvalue weighted by Gasteiger charge is -2.22. The van der Waals surface area contributed by atoms with Crippen molar-refractivity contribution >= 4 is 21.6 Å². The molecule has 0 radical (unpaired) electrons. The summed E-state index contributed by atoms with van der Waals surface area (Å²) in [5.74, 6) is -0.0441. The van der Waals surface area contributed by atoms with E-state index in [1.807, 2.05) is 0 Å². The quantitative estimate of drug-likeness (QED) is 0.760. The van der Waals surface area contributed by atoms with Crippen LogP contribution < -0.4 is 15.8 Å².